The Labute approximate surface area is 130 Å². The van der Waals surface area contributed by atoms with Gasteiger partial charge in [0.15, 0.2) is 0 Å². The van der Waals surface area contributed by atoms with Crippen molar-refractivity contribution < 1.29 is 18.8 Å². The number of nitrogens with zero attached hydrogens (tertiary/aromatic N) is 1. The van der Waals surface area contributed by atoms with Crippen molar-refractivity contribution in [3.8, 4) is 5.75 Å². The first-order chi connectivity index (χ1) is 11.2. The highest BCUT2D eigenvalue weighted by Gasteiger charge is 2.07. The Morgan fingerprint density at radius 3 is 2.61 bits per heavy atom. The van der Waals surface area contributed by atoms with E-state index in [4.69, 9.17) is 14.4 Å². The minimum atomic E-state index is -0.446. The molecule has 0 radical (unpaired) electrons. The molecule has 5 nitrogen and oxygen atoms in total. The monoisotopic (exact) mass is 313 g/mol. The Morgan fingerprint density at radius 2 is 1.87 bits per heavy atom. The first-order valence-electron chi connectivity index (χ1n) is 6.79. The van der Waals surface area contributed by atoms with Crippen molar-refractivity contribution in [2.75, 3.05) is 6.61 Å². The second-order valence-electron chi connectivity index (χ2n) is 4.80. The van der Waals surface area contributed by atoms with E-state index in [2.05, 4.69) is 5.16 Å². The first kappa shape index (κ1) is 14.8. The summed E-state index contributed by atoms with van der Waals surface area (Å²) in [7, 11) is 0. The molecule has 0 spiro atoms. The van der Waals surface area contributed by atoms with Gasteiger partial charge in [0.2, 0.25) is 0 Å². The predicted octanol–water partition coefficient (Wildman–Crippen LogP) is 3.19. The van der Waals surface area contributed by atoms with Crippen molar-refractivity contribution in [1.29, 1.82) is 0 Å². The van der Waals surface area contributed by atoms with Crippen LogP contribution in [0.4, 0.5) is 4.39 Å². The van der Waals surface area contributed by atoms with Gasteiger partial charge >= 0.3 is 5.63 Å². The maximum atomic E-state index is 12.9. The summed E-state index contributed by atoms with van der Waals surface area (Å²) in [5, 5.41) is 13.0. The van der Waals surface area contributed by atoms with Crippen molar-refractivity contribution in [2.24, 2.45) is 5.16 Å². The van der Waals surface area contributed by atoms with Gasteiger partial charge in [-0.2, -0.15) is 0 Å². The second-order valence-corrected chi connectivity index (χ2v) is 4.80. The molecule has 0 aliphatic rings. The highest BCUT2D eigenvalue weighted by Crippen LogP contribution is 2.19. The molecule has 1 N–H and O–H groups in total. The summed E-state index contributed by atoms with van der Waals surface area (Å²) < 4.78 is 23.5. The van der Waals surface area contributed by atoms with Gasteiger partial charge in [-0.25, -0.2) is 9.18 Å². The molecule has 0 bridgehead atoms. The summed E-state index contributed by atoms with van der Waals surface area (Å²) in [5.74, 6) is 0.0756. The van der Waals surface area contributed by atoms with E-state index in [1.165, 1.54) is 30.3 Å². The summed E-state index contributed by atoms with van der Waals surface area (Å²) in [6, 6.07) is 13.6. The molecule has 0 fully saturated rings. The fourth-order valence-corrected chi connectivity index (χ4v) is 2.09. The fourth-order valence-electron chi connectivity index (χ4n) is 2.09. The van der Waals surface area contributed by atoms with Gasteiger partial charge in [-0.05, 0) is 42.5 Å². The molecule has 0 atom stereocenters. The van der Waals surface area contributed by atoms with Crippen molar-refractivity contribution in [1.82, 2.24) is 0 Å². The van der Waals surface area contributed by atoms with E-state index in [1.807, 2.05) is 0 Å². The van der Waals surface area contributed by atoms with E-state index in [1.54, 1.807) is 24.3 Å². The highest BCUT2D eigenvalue weighted by atomic mass is 19.1. The zero-order chi connectivity index (χ0) is 16.2. The average Bonchev–Trinajstić information content (AvgIpc) is 2.56. The Bertz CT molecular complexity index is 916. The van der Waals surface area contributed by atoms with Crippen LogP contribution in [-0.4, -0.2) is 17.5 Å². The van der Waals surface area contributed by atoms with Crippen LogP contribution in [0.1, 0.15) is 5.56 Å². The molecule has 6 heteroatoms. The van der Waals surface area contributed by atoms with Crippen LogP contribution in [0, 0.1) is 5.82 Å². The predicted molar refractivity (Wildman–Crippen MR) is 82.7 cm³/mol. The fraction of sp³-hybridized carbons (Fsp3) is 0.0588. The first-order valence-corrected chi connectivity index (χ1v) is 6.79. The van der Waals surface area contributed by atoms with Crippen LogP contribution in [0.5, 0.6) is 5.75 Å². The number of oxime groups is 1. The van der Waals surface area contributed by atoms with Gasteiger partial charge in [0, 0.05) is 23.1 Å². The molecule has 0 saturated heterocycles. The molecule has 2 aromatic carbocycles. The molecule has 0 amide bonds. The summed E-state index contributed by atoms with van der Waals surface area (Å²) in [6.07, 6.45) is 0. The highest BCUT2D eigenvalue weighted by molar-refractivity contribution is 6.01. The van der Waals surface area contributed by atoms with Crippen LogP contribution in [0.15, 0.2) is 69.0 Å². The lowest BCUT2D eigenvalue weighted by molar-refractivity contribution is 0.308. The lowest BCUT2D eigenvalue weighted by atomic mass is 10.1. The average molecular weight is 313 g/mol. The number of hydrogen-bond acceptors (Lipinski definition) is 5. The summed E-state index contributed by atoms with van der Waals surface area (Å²) in [4.78, 5) is 11.2. The largest absolute Gasteiger partial charge is 0.487 e. The van der Waals surface area contributed by atoms with Gasteiger partial charge in [-0.15, -0.1) is 0 Å². The molecule has 116 valence electrons. The van der Waals surface area contributed by atoms with Crippen molar-refractivity contribution in [3.05, 3.63) is 76.4 Å². The van der Waals surface area contributed by atoms with Crippen molar-refractivity contribution in [3.63, 3.8) is 0 Å². The molecule has 0 aliphatic heterocycles. The van der Waals surface area contributed by atoms with Crippen molar-refractivity contribution >= 4 is 16.7 Å². The molecule has 1 aromatic heterocycles. The minimum Gasteiger partial charge on any atom is -0.487 e. The van der Waals surface area contributed by atoms with E-state index < -0.39 is 5.63 Å². The minimum absolute atomic E-state index is 0.0231. The van der Waals surface area contributed by atoms with Crippen LogP contribution in [-0.2, 0) is 0 Å². The third-order valence-electron chi connectivity index (χ3n) is 3.27. The van der Waals surface area contributed by atoms with Gasteiger partial charge in [-0.3, -0.25) is 0 Å². The summed E-state index contributed by atoms with van der Waals surface area (Å²) >= 11 is 0. The topological polar surface area (TPSA) is 72.0 Å². The van der Waals surface area contributed by atoms with Crippen LogP contribution in [0.25, 0.3) is 11.0 Å². The quantitative estimate of drug-likeness (QED) is 0.347. The molecule has 1 heterocycles. The molecule has 0 aliphatic carbocycles. The summed E-state index contributed by atoms with van der Waals surface area (Å²) in [5.41, 5.74) is 0.749. The number of halogens is 1. The zero-order valence-electron chi connectivity index (χ0n) is 11.9. The van der Waals surface area contributed by atoms with Gasteiger partial charge < -0.3 is 14.4 Å². The summed E-state index contributed by atoms with van der Waals surface area (Å²) in [6.45, 7) is -0.0231. The van der Waals surface area contributed by atoms with Gasteiger partial charge in [0.1, 0.15) is 29.5 Å². The van der Waals surface area contributed by atoms with E-state index in [0.29, 0.717) is 16.9 Å². The molecule has 23 heavy (non-hydrogen) atoms. The second kappa shape index (κ2) is 6.31. The normalized spacial score (nSPS) is 11.6. The van der Waals surface area contributed by atoms with Crippen LogP contribution >= 0.6 is 0 Å². The third kappa shape index (κ3) is 3.37. The Hall–Kier alpha value is -3.15. The van der Waals surface area contributed by atoms with Gasteiger partial charge in [0.25, 0.3) is 0 Å². The molecule has 3 rings (SSSR count). The zero-order valence-corrected chi connectivity index (χ0v) is 11.9. The number of hydrogen-bond donors (Lipinski definition) is 1. The number of ether oxygens (including phenoxy) is 1. The van der Waals surface area contributed by atoms with E-state index in [0.717, 1.165) is 5.39 Å². The maximum absolute atomic E-state index is 12.9. The maximum Gasteiger partial charge on any atom is 0.336 e. The Balaban J connectivity index is 1.79. The lowest BCUT2D eigenvalue weighted by Gasteiger charge is -2.08. The number of benzene rings is 2. The number of rotatable bonds is 4. The third-order valence-corrected chi connectivity index (χ3v) is 3.27. The van der Waals surface area contributed by atoms with Gasteiger partial charge in [0.05, 0.1) is 0 Å². The van der Waals surface area contributed by atoms with E-state index >= 15 is 0 Å². The number of fused-ring (bicyclic) bond motifs is 1. The molecule has 0 saturated carbocycles. The van der Waals surface area contributed by atoms with Crippen molar-refractivity contribution in [2.45, 2.75) is 0 Å². The van der Waals surface area contributed by atoms with Gasteiger partial charge in [-0.1, -0.05) is 5.16 Å². The molecule has 3 aromatic rings. The van der Waals surface area contributed by atoms with Crippen LogP contribution in [0.2, 0.25) is 0 Å². The SMILES string of the molecule is O=c1ccc2ccc(OC/C(=N\O)c3ccc(F)cc3)cc2o1. The Kier molecular flexibility index (Phi) is 4.05. The standard InChI is InChI=1S/C17H12FNO4/c18-13-5-1-11(2-6-13)15(19-21)10-22-14-7-3-12-4-8-17(20)23-16(12)9-14/h1-9,21H,10H2/b19-15+. The van der Waals surface area contributed by atoms with Crippen LogP contribution < -0.4 is 10.4 Å². The molecular weight excluding hydrogens is 301 g/mol. The molecule has 0 unspecified atom stereocenters. The lowest BCUT2D eigenvalue weighted by Crippen LogP contribution is -2.13. The molecular formula is C17H12FNO4. The van der Waals surface area contributed by atoms with E-state index in [9.17, 15) is 9.18 Å². The Morgan fingerprint density at radius 1 is 1.13 bits per heavy atom. The van der Waals surface area contributed by atoms with E-state index in [-0.39, 0.29) is 18.1 Å². The van der Waals surface area contributed by atoms with Crippen LogP contribution in [0.3, 0.4) is 0 Å². The smallest absolute Gasteiger partial charge is 0.336 e.